The van der Waals surface area contributed by atoms with Gasteiger partial charge in [0.2, 0.25) is 0 Å². The number of fused-ring (bicyclic) bond motifs is 3. The van der Waals surface area contributed by atoms with Gasteiger partial charge in [-0.05, 0) is 47.5 Å². The van der Waals surface area contributed by atoms with Crippen LogP contribution < -0.4 is 11.1 Å². The maximum atomic E-state index is 6.26. The third kappa shape index (κ3) is 3.01. The molecular weight excluding hydrogens is 389 g/mol. The van der Waals surface area contributed by atoms with E-state index >= 15 is 0 Å². The van der Waals surface area contributed by atoms with Crippen molar-refractivity contribution in [3.8, 4) is 11.1 Å². The Morgan fingerprint density at radius 2 is 1.77 bits per heavy atom. The van der Waals surface area contributed by atoms with Crippen LogP contribution in [-0.4, -0.2) is 18.1 Å². The molecule has 0 unspecified atom stereocenters. The lowest BCUT2D eigenvalue weighted by molar-refractivity contribution is 1.03. The Kier molecular flexibility index (Phi) is 4.72. The summed E-state index contributed by atoms with van der Waals surface area (Å²) >= 11 is 18.6. The van der Waals surface area contributed by atoms with Crippen molar-refractivity contribution in [3.05, 3.63) is 63.6 Å². The summed E-state index contributed by atoms with van der Waals surface area (Å²) in [4.78, 5) is 3.50. The fourth-order valence-corrected chi connectivity index (χ4v) is 3.71. The lowest BCUT2D eigenvalue weighted by Crippen LogP contribution is -2.13. The first-order valence-electron chi connectivity index (χ1n) is 8.22. The molecule has 0 aliphatic heterocycles. The van der Waals surface area contributed by atoms with Crippen molar-refractivity contribution in [2.75, 3.05) is 18.4 Å². The Bertz CT molecular complexity index is 1120. The van der Waals surface area contributed by atoms with E-state index in [0.717, 1.165) is 38.6 Å². The molecule has 132 valence electrons. The molecule has 0 saturated heterocycles. The van der Waals surface area contributed by atoms with E-state index < -0.39 is 0 Å². The largest absolute Gasteiger partial charge is 0.382 e. The number of aromatic nitrogens is 1. The first-order chi connectivity index (χ1) is 12.6. The fraction of sp³-hybridized carbons (Fsp3) is 0.100. The number of H-pyrrole nitrogens is 1. The molecule has 0 aliphatic rings. The van der Waals surface area contributed by atoms with Crippen LogP contribution in [0.25, 0.3) is 32.9 Å². The van der Waals surface area contributed by atoms with Gasteiger partial charge in [-0.15, -0.1) is 0 Å². The van der Waals surface area contributed by atoms with E-state index in [1.807, 2.05) is 42.5 Å². The SMILES string of the molecule is NCCNc1ccc(-c2ccc(Cl)c(Cl)c2)c2c1[nH]c1ccc(Cl)cc12. The second kappa shape index (κ2) is 7.01. The summed E-state index contributed by atoms with van der Waals surface area (Å²) in [6.07, 6.45) is 0. The van der Waals surface area contributed by atoms with Gasteiger partial charge in [-0.25, -0.2) is 0 Å². The molecule has 0 bridgehead atoms. The number of nitrogens with two attached hydrogens (primary N) is 1. The van der Waals surface area contributed by atoms with Crippen molar-refractivity contribution in [3.63, 3.8) is 0 Å². The number of aromatic amines is 1. The highest BCUT2D eigenvalue weighted by molar-refractivity contribution is 6.42. The van der Waals surface area contributed by atoms with Crippen molar-refractivity contribution in [1.29, 1.82) is 0 Å². The van der Waals surface area contributed by atoms with Crippen molar-refractivity contribution < 1.29 is 0 Å². The van der Waals surface area contributed by atoms with Crippen LogP contribution in [0, 0.1) is 0 Å². The minimum Gasteiger partial charge on any atom is -0.382 e. The molecule has 6 heteroatoms. The van der Waals surface area contributed by atoms with Crippen molar-refractivity contribution >= 4 is 62.3 Å². The smallest absolute Gasteiger partial charge is 0.0706 e. The molecule has 0 spiro atoms. The zero-order chi connectivity index (χ0) is 18.3. The van der Waals surface area contributed by atoms with Gasteiger partial charge in [-0.3, -0.25) is 0 Å². The van der Waals surface area contributed by atoms with Gasteiger partial charge in [0.15, 0.2) is 0 Å². The number of halogens is 3. The monoisotopic (exact) mass is 403 g/mol. The molecule has 3 nitrogen and oxygen atoms in total. The van der Waals surface area contributed by atoms with Gasteiger partial charge in [0, 0.05) is 34.4 Å². The minimum atomic E-state index is 0.528. The zero-order valence-electron chi connectivity index (χ0n) is 13.7. The van der Waals surface area contributed by atoms with E-state index in [9.17, 15) is 0 Å². The fourth-order valence-electron chi connectivity index (χ4n) is 3.24. The summed E-state index contributed by atoms with van der Waals surface area (Å²) in [5.74, 6) is 0. The molecule has 0 amide bonds. The molecule has 0 atom stereocenters. The van der Waals surface area contributed by atoms with Gasteiger partial charge in [0.25, 0.3) is 0 Å². The van der Waals surface area contributed by atoms with E-state index in [4.69, 9.17) is 40.5 Å². The molecule has 3 aromatic carbocycles. The molecule has 0 aliphatic carbocycles. The Balaban J connectivity index is 2.05. The van der Waals surface area contributed by atoms with Crippen LogP contribution in [0.2, 0.25) is 15.1 Å². The van der Waals surface area contributed by atoms with E-state index in [0.29, 0.717) is 28.2 Å². The number of rotatable bonds is 4. The van der Waals surface area contributed by atoms with E-state index in [-0.39, 0.29) is 0 Å². The average Bonchev–Trinajstić information content (AvgIpc) is 3.01. The van der Waals surface area contributed by atoms with Crippen molar-refractivity contribution in [2.24, 2.45) is 5.73 Å². The Labute approximate surface area is 166 Å². The minimum absolute atomic E-state index is 0.528. The standard InChI is InChI=1S/C20H16Cl3N3/c21-12-2-5-17-14(10-12)19-13(11-1-4-15(22)16(23)9-11)3-6-18(20(19)26-17)25-8-7-24/h1-6,9-10,25-26H,7-8,24H2. The van der Waals surface area contributed by atoms with Crippen LogP contribution in [0.15, 0.2) is 48.5 Å². The Hall–Kier alpha value is -1.91. The maximum Gasteiger partial charge on any atom is 0.0706 e. The van der Waals surface area contributed by atoms with E-state index in [1.165, 1.54) is 0 Å². The van der Waals surface area contributed by atoms with Gasteiger partial charge in [0.1, 0.15) is 0 Å². The summed E-state index contributed by atoms with van der Waals surface area (Å²) in [6.45, 7) is 1.25. The Morgan fingerprint density at radius 1 is 0.923 bits per heavy atom. The number of nitrogens with one attached hydrogen (secondary N) is 2. The third-order valence-corrected chi connectivity index (χ3v) is 5.38. The Morgan fingerprint density at radius 3 is 2.54 bits per heavy atom. The number of benzene rings is 3. The first kappa shape index (κ1) is 17.5. The van der Waals surface area contributed by atoms with Crippen LogP contribution in [0.3, 0.4) is 0 Å². The highest BCUT2D eigenvalue weighted by Gasteiger charge is 2.15. The number of hydrogen-bond donors (Lipinski definition) is 3. The summed E-state index contributed by atoms with van der Waals surface area (Å²) < 4.78 is 0. The molecule has 1 aromatic heterocycles. The van der Waals surface area contributed by atoms with Crippen LogP contribution >= 0.6 is 34.8 Å². The molecule has 0 saturated carbocycles. The van der Waals surface area contributed by atoms with Crippen molar-refractivity contribution in [2.45, 2.75) is 0 Å². The molecule has 4 N–H and O–H groups in total. The number of anilines is 1. The number of hydrogen-bond acceptors (Lipinski definition) is 2. The average molecular weight is 405 g/mol. The molecular formula is C20H16Cl3N3. The maximum absolute atomic E-state index is 6.26. The highest BCUT2D eigenvalue weighted by Crippen LogP contribution is 2.40. The predicted octanol–water partition coefficient (Wildman–Crippen LogP) is 6.32. The predicted molar refractivity (Wildman–Crippen MR) is 114 cm³/mol. The molecule has 0 fully saturated rings. The van der Waals surface area contributed by atoms with Crippen LogP contribution in [0.4, 0.5) is 5.69 Å². The molecule has 4 aromatic rings. The van der Waals surface area contributed by atoms with Gasteiger partial charge in [0.05, 0.1) is 21.2 Å². The second-order valence-corrected chi connectivity index (χ2v) is 7.32. The summed E-state index contributed by atoms with van der Waals surface area (Å²) in [5.41, 5.74) is 10.7. The molecule has 0 radical (unpaired) electrons. The van der Waals surface area contributed by atoms with Crippen LogP contribution in [0.5, 0.6) is 0 Å². The van der Waals surface area contributed by atoms with E-state index in [2.05, 4.69) is 16.4 Å². The van der Waals surface area contributed by atoms with Gasteiger partial charge in [-0.1, -0.05) is 46.9 Å². The van der Waals surface area contributed by atoms with Crippen LogP contribution in [0.1, 0.15) is 0 Å². The topological polar surface area (TPSA) is 53.8 Å². The summed E-state index contributed by atoms with van der Waals surface area (Å²) in [6, 6.07) is 15.6. The van der Waals surface area contributed by atoms with Gasteiger partial charge in [-0.2, -0.15) is 0 Å². The highest BCUT2D eigenvalue weighted by atomic mass is 35.5. The van der Waals surface area contributed by atoms with Gasteiger partial charge >= 0.3 is 0 Å². The molecule has 26 heavy (non-hydrogen) atoms. The lowest BCUT2D eigenvalue weighted by atomic mass is 9.98. The quantitative estimate of drug-likeness (QED) is 0.373. The normalized spacial score (nSPS) is 11.4. The third-order valence-electron chi connectivity index (χ3n) is 4.41. The molecule has 1 heterocycles. The lowest BCUT2D eigenvalue weighted by Gasteiger charge is -2.11. The first-order valence-corrected chi connectivity index (χ1v) is 9.35. The zero-order valence-corrected chi connectivity index (χ0v) is 16.0. The van der Waals surface area contributed by atoms with E-state index in [1.54, 1.807) is 0 Å². The summed E-state index contributed by atoms with van der Waals surface area (Å²) in [5, 5.41) is 7.28. The molecule has 4 rings (SSSR count). The van der Waals surface area contributed by atoms with Crippen molar-refractivity contribution in [1.82, 2.24) is 4.98 Å². The van der Waals surface area contributed by atoms with Crippen LogP contribution in [-0.2, 0) is 0 Å². The summed E-state index contributed by atoms with van der Waals surface area (Å²) in [7, 11) is 0. The second-order valence-electron chi connectivity index (χ2n) is 6.07. The van der Waals surface area contributed by atoms with Gasteiger partial charge < -0.3 is 16.0 Å².